The molecule has 2 N–H and O–H groups in total. The molecule has 33 heavy (non-hydrogen) atoms. The molecule has 0 unspecified atom stereocenters. The number of allylic oxidation sites excluding steroid dienone is 3. The Labute approximate surface area is 196 Å². The molecule has 1 fully saturated rings. The van der Waals surface area contributed by atoms with Crippen molar-refractivity contribution in [1.29, 1.82) is 0 Å². The largest absolute Gasteiger partial charge is 0.361 e. The maximum Gasteiger partial charge on any atom is 0.123 e. The summed E-state index contributed by atoms with van der Waals surface area (Å²) in [6, 6.07) is 6.49. The molecular weight excluding hydrogens is 408 g/mol. The molecule has 0 amide bonds. The Morgan fingerprint density at radius 3 is 2.79 bits per heavy atom. The van der Waals surface area contributed by atoms with Gasteiger partial charge in [0.15, 0.2) is 0 Å². The highest BCUT2D eigenvalue weighted by atomic mass is 15.2. The van der Waals surface area contributed by atoms with E-state index < -0.39 is 0 Å². The molecule has 1 saturated heterocycles. The second-order valence-corrected chi connectivity index (χ2v) is 10.1. The van der Waals surface area contributed by atoms with Crippen molar-refractivity contribution in [2.75, 3.05) is 32.7 Å². The van der Waals surface area contributed by atoms with Crippen molar-refractivity contribution < 1.29 is 0 Å². The number of aromatic amines is 1. The van der Waals surface area contributed by atoms with Gasteiger partial charge in [-0.1, -0.05) is 31.2 Å². The van der Waals surface area contributed by atoms with E-state index in [9.17, 15) is 0 Å². The number of hydrogen-bond acceptors (Lipinski definition) is 4. The highest BCUT2D eigenvalue weighted by Crippen LogP contribution is 2.27. The lowest BCUT2D eigenvalue weighted by Crippen LogP contribution is -2.40. The zero-order chi connectivity index (χ0) is 22.5. The summed E-state index contributed by atoms with van der Waals surface area (Å²) in [4.78, 5) is 6.09. The summed E-state index contributed by atoms with van der Waals surface area (Å²) in [7, 11) is 0. The first-order valence-corrected chi connectivity index (χ1v) is 12.4. The van der Waals surface area contributed by atoms with Gasteiger partial charge in [-0.05, 0) is 88.0 Å². The maximum atomic E-state index is 3.93. The molecule has 1 aromatic carbocycles. The molecule has 0 radical (unpaired) electrons. The summed E-state index contributed by atoms with van der Waals surface area (Å²) in [6.07, 6.45) is 20.7. The van der Waals surface area contributed by atoms with Gasteiger partial charge in [-0.15, -0.1) is 10.2 Å². The number of aromatic nitrogens is 4. The topological polar surface area (TPSA) is 61.8 Å². The minimum absolute atomic E-state index is 0.286. The van der Waals surface area contributed by atoms with E-state index >= 15 is 0 Å². The lowest BCUT2D eigenvalue weighted by molar-refractivity contribution is 0.178. The fourth-order valence-electron chi connectivity index (χ4n) is 5.24. The van der Waals surface area contributed by atoms with Crippen LogP contribution in [0.3, 0.4) is 0 Å². The van der Waals surface area contributed by atoms with E-state index in [1.807, 2.05) is 4.57 Å². The smallest absolute Gasteiger partial charge is 0.123 e. The van der Waals surface area contributed by atoms with Crippen LogP contribution in [0.4, 0.5) is 0 Å². The molecule has 2 aromatic heterocycles. The third kappa shape index (κ3) is 5.45. The zero-order valence-electron chi connectivity index (χ0n) is 19.7. The molecule has 0 saturated carbocycles. The van der Waals surface area contributed by atoms with Gasteiger partial charge in [-0.2, -0.15) is 0 Å². The molecule has 2 aliphatic rings. The SMILES string of the molecule is C[C@@]1(CNCC2CCN(CCCc3c[nH]c4ccc(-n5cnnc5)cc34)CC2)C=CC=CC1. The van der Waals surface area contributed by atoms with E-state index in [0.717, 1.165) is 37.5 Å². The maximum absolute atomic E-state index is 3.93. The number of piperidine rings is 1. The molecule has 0 spiro atoms. The van der Waals surface area contributed by atoms with E-state index in [2.05, 4.69) is 81.0 Å². The van der Waals surface area contributed by atoms with Crippen LogP contribution in [0.1, 0.15) is 38.2 Å². The molecule has 1 aliphatic heterocycles. The monoisotopic (exact) mass is 444 g/mol. The summed E-state index contributed by atoms with van der Waals surface area (Å²) in [5.74, 6) is 0.817. The molecule has 3 heterocycles. The first kappa shape index (κ1) is 22.1. The second kappa shape index (κ2) is 10.1. The van der Waals surface area contributed by atoms with E-state index in [-0.39, 0.29) is 5.41 Å². The van der Waals surface area contributed by atoms with Crippen LogP contribution in [0.2, 0.25) is 0 Å². The van der Waals surface area contributed by atoms with Crippen molar-refractivity contribution in [2.24, 2.45) is 11.3 Å². The van der Waals surface area contributed by atoms with E-state index in [1.54, 1.807) is 12.7 Å². The van der Waals surface area contributed by atoms with Crippen LogP contribution in [-0.2, 0) is 6.42 Å². The molecule has 3 aromatic rings. The lowest BCUT2D eigenvalue weighted by atomic mass is 9.83. The van der Waals surface area contributed by atoms with Gasteiger partial charge in [-0.25, -0.2) is 0 Å². The number of aryl methyl sites for hydroxylation is 1. The van der Waals surface area contributed by atoms with Gasteiger partial charge < -0.3 is 15.2 Å². The number of fused-ring (bicyclic) bond motifs is 1. The lowest BCUT2D eigenvalue weighted by Gasteiger charge is -2.33. The Hall–Kier alpha value is -2.70. The Kier molecular flexibility index (Phi) is 6.74. The first-order chi connectivity index (χ1) is 16.2. The second-order valence-electron chi connectivity index (χ2n) is 10.1. The average molecular weight is 445 g/mol. The van der Waals surface area contributed by atoms with E-state index in [1.165, 1.54) is 55.4 Å². The average Bonchev–Trinajstić information content (AvgIpc) is 3.51. The highest BCUT2D eigenvalue weighted by Gasteiger charge is 2.23. The van der Waals surface area contributed by atoms with E-state index in [0.29, 0.717) is 0 Å². The summed E-state index contributed by atoms with van der Waals surface area (Å²) in [6.45, 7) is 8.25. The third-order valence-corrected chi connectivity index (χ3v) is 7.39. The molecule has 6 heteroatoms. The van der Waals surface area contributed by atoms with Crippen molar-refractivity contribution in [2.45, 2.75) is 39.0 Å². The van der Waals surface area contributed by atoms with Crippen LogP contribution < -0.4 is 5.32 Å². The van der Waals surface area contributed by atoms with Crippen molar-refractivity contribution in [3.05, 3.63) is 66.9 Å². The van der Waals surface area contributed by atoms with Crippen molar-refractivity contribution in [3.63, 3.8) is 0 Å². The summed E-state index contributed by atoms with van der Waals surface area (Å²) >= 11 is 0. The van der Waals surface area contributed by atoms with Gasteiger partial charge >= 0.3 is 0 Å². The molecule has 0 bridgehead atoms. The number of hydrogen-bond donors (Lipinski definition) is 2. The molecule has 5 rings (SSSR count). The van der Waals surface area contributed by atoms with Crippen LogP contribution in [-0.4, -0.2) is 57.4 Å². The Morgan fingerprint density at radius 2 is 2.00 bits per heavy atom. The molecule has 1 atom stereocenters. The minimum Gasteiger partial charge on any atom is -0.361 e. The quantitative estimate of drug-likeness (QED) is 0.510. The molecule has 6 nitrogen and oxygen atoms in total. The summed E-state index contributed by atoms with van der Waals surface area (Å²) in [5, 5.41) is 12.9. The van der Waals surface area contributed by atoms with Crippen LogP contribution in [0, 0.1) is 11.3 Å². The summed E-state index contributed by atoms with van der Waals surface area (Å²) < 4.78 is 1.96. The third-order valence-electron chi connectivity index (χ3n) is 7.39. The Morgan fingerprint density at radius 1 is 1.15 bits per heavy atom. The van der Waals surface area contributed by atoms with Crippen LogP contribution in [0.5, 0.6) is 0 Å². The minimum atomic E-state index is 0.286. The number of H-pyrrole nitrogens is 1. The van der Waals surface area contributed by atoms with Gasteiger partial charge in [0.05, 0.1) is 0 Å². The fraction of sp³-hybridized carbons (Fsp3) is 0.481. The standard InChI is InChI=1S/C27H36N6/c1-27(11-3-2-4-12-27)19-28-17-22-9-14-32(15-10-22)13-5-6-23-18-29-26-8-7-24(16-25(23)26)33-20-30-31-21-33/h2-4,7-8,11,16,18,20-22,28-29H,5-6,9-10,12-15,17,19H2,1H3/t27-/m1/s1. The number of benzene rings is 1. The number of rotatable bonds is 9. The molecule has 1 aliphatic carbocycles. The van der Waals surface area contributed by atoms with Crippen LogP contribution in [0.15, 0.2) is 61.4 Å². The van der Waals surface area contributed by atoms with Gasteiger partial charge in [0.1, 0.15) is 12.7 Å². The number of nitrogens with zero attached hydrogens (tertiary/aromatic N) is 4. The molecule has 174 valence electrons. The van der Waals surface area contributed by atoms with Gasteiger partial charge in [-0.3, -0.25) is 4.57 Å². The Balaban J connectivity index is 1.05. The summed E-state index contributed by atoms with van der Waals surface area (Å²) in [5.41, 5.74) is 3.99. The van der Waals surface area contributed by atoms with Crippen LogP contribution >= 0.6 is 0 Å². The predicted octanol–water partition coefficient (Wildman–Crippen LogP) is 4.51. The zero-order valence-corrected chi connectivity index (χ0v) is 19.7. The van der Waals surface area contributed by atoms with E-state index in [4.69, 9.17) is 0 Å². The van der Waals surface area contributed by atoms with Crippen molar-refractivity contribution in [3.8, 4) is 5.69 Å². The van der Waals surface area contributed by atoms with Gasteiger partial charge in [0.2, 0.25) is 0 Å². The normalized spacial score (nSPS) is 21.8. The number of likely N-dealkylation sites (tertiary alicyclic amines) is 1. The molecular formula is C27H36N6. The van der Waals surface area contributed by atoms with Crippen LogP contribution in [0.25, 0.3) is 16.6 Å². The van der Waals surface area contributed by atoms with Gasteiger partial charge in [0.25, 0.3) is 0 Å². The van der Waals surface area contributed by atoms with Crippen molar-refractivity contribution >= 4 is 10.9 Å². The van der Waals surface area contributed by atoms with Gasteiger partial charge in [0, 0.05) is 34.7 Å². The highest BCUT2D eigenvalue weighted by molar-refractivity contribution is 5.85. The predicted molar refractivity (Wildman–Crippen MR) is 135 cm³/mol. The fourth-order valence-corrected chi connectivity index (χ4v) is 5.24. The number of nitrogens with one attached hydrogen (secondary N) is 2. The Bertz CT molecular complexity index is 1090. The first-order valence-electron chi connectivity index (χ1n) is 12.4. The van der Waals surface area contributed by atoms with Crippen molar-refractivity contribution in [1.82, 2.24) is 30.0 Å².